The van der Waals surface area contributed by atoms with Crippen LogP contribution in [0.1, 0.15) is 26.3 Å². The summed E-state index contributed by atoms with van der Waals surface area (Å²) in [5, 5.41) is 2.55. The van der Waals surface area contributed by atoms with Crippen LogP contribution in [0.4, 0.5) is 4.79 Å². The van der Waals surface area contributed by atoms with Crippen LogP contribution in [-0.4, -0.2) is 45.8 Å². The van der Waals surface area contributed by atoms with Gasteiger partial charge in [-0.15, -0.1) is 0 Å². The second kappa shape index (κ2) is 7.71. The minimum absolute atomic E-state index is 0.213. The number of methoxy groups -OCH3 is 1. The molecule has 1 aromatic carbocycles. The summed E-state index contributed by atoms with van der Waals surface area (Å²) in [6.07, 6.45) is 2.81. The number of rotatable bonds is 5. The van der Waals surface area contributed by atoms with Gasteiger partial charge in [-0.1, -0.05) is 6.07 Å². The Morgan fingerprint density at radius 3 is 2.75 bits per heavy atom. The van der Waals surface area contributed by atoms with Crippen LogP contribution in [0, 0.1) is 0 Å². The third-order valence-electron chi connectivity index (χ3n) is 3.77. The standard InChI is InChI=1S/C19H22N4O5/c1-19(2,3)28-18(25)23-13(17(24)26-4)10-11-5-6-14-12(9-11)22-16(27-14)15-20-7-8-21-15/h5-9,13H,10H2,1-4H3,(H,20,21)(H,23,25)/t13-/m0/s1. The number of amides is 1. The van der Waals surface area contributed by atoms with E-state index in [-0.39, 0.29) is 6.42 Å². The van der Waals surface area contributed by atoms with E-state index >= 15 is 0 Å². The zero-order chi connectivity index (χ0) is 20.3. The highest BCUT2D eigenvalue weighted by Crippen LogP contribution is 2.23. The highest BCUT2D eigenvalue weighted by Gasteiger charge is 2.25. The maximum atomic E-state index is 12.1. The number of benzene rings is 1. The number of esters is 1. The molecule has 3 rings (SSSR count). The van der Waals surface area contributed by atoms with Crippen LogP contribution in [0.25, 0.3) is 22.8 Å². The van der Waals surface area contributed by atoms with Crippen molar-refractivity contribution in [1.29, 1.82) is 0 Å². The Bertz CT molecular complexity index is 972. The zero-order valence-electron chi connectivity index (χ0n) is 16.1. The summed E-state index contributed by atoms with van der Waals surface area (Å²) < 4.78 is 15.7. The molecule has 148 valence electrons. The number of nitrogens with one attached hydrogen (secondary N) is 2. The Hall–Kier alpha value is -3.36. The van der Waals surface area contributed by atoms with Gasteiger partial charge in [0.15, 0.2) is 11.4 Å². The Kier molecular flexibility index (Phi) is 5.34. The first-order valence-corrected chi connectivity index (χ1v) is 8.72. The number of carbonyl (C=O) groups excluding carboxylic acids is 2. The van der Waals surface area contributed by atoms with E-state index in [1.165, 1.54) is 7.11 Å². The van der Waals surface area contributed by atoms with E-state index in [1.54, 1.807) is 51.4 Å². The van der Waals surface area contributed by atoms with Crippen LogP contribution in [0.2, 0.25) is 0 Å². The summed E-state index contributed by atoms with van der Waals surface area (Å²) in [5.74, 6) is 0.327. The first-order chi connectivity index (χ1) is 13.2. The number of aromatic amines is 1. The lowest BCUT2D eigenvalue weighted by molar-refractivity contribution is -0.143. The van der Waals surface area contributed by atoms with Crippen molar-refractivity contribution < 1.29 is 23.5 Å². The number of ether oxygens (including phenoxy) is 2. The van der Waals surface area contributed by atoms with Crippen LogP contribution < -0.4 is 5.32 Å². The minimum atomic E-state index is -0.895. The summed E-state index contributed by atoms with van der Waals surface area (Å²) in [7, 11) is 1.27. The van der Waals surface area contributed by atoms with Crippen molar-refractivity contribution in [3.63, 3.8) is 0 Å². The molecule has 0 unspecified atom stereocenters. The molecule has 2 N–H and O–H groups in total. The van der Waals surface area contributed by atoms with Crippen molar-refractivity contribution >= 4 is 23.2 Å². The smallest absolute Gasteiger partial charge is 0.408 e. The van der Waals surface area contributed by atoms with Gasteiger partial charge >= 0.3 is 12.1 Å². The molecule has 0 aliphatic carbocycles. The van der Waals surface area contributed by atoms with Gasteiger partial charge in [0.1, 0.15) is 17.2 Å². The Morgan fingerprint density at radius 1 is 1.32 bits per heavy atom. The van der Waals surface area contributed by atoms with E-state index in [0.29, 0.717) is 22.8 Å². The fourth-order valence-electron chi connectivity index (χ4n) is 2.60. The largest absolute Gasteiger partial charge is 0.467 e. The van der Waals surface area contributed by atoms with Gasteiger partial charge in [-0.2, -0.15) is 0 Å². The number of H-pyrrole nitrogens is 1. The Balaban J connectivity index is 1.79. The summed E-state index contributed by atoms with van der Waals surface area (Å²) in [5.41, 5.74) is 1.31. The van der Waals surface area contributed by atoms with Gasteiger partial charge in [0, 0.05) is 18.8 Å². The highest BCUT2D eigenvalue weighted by molar-refractivity contribution is 5.82. The molecule has 0 fully saturated rings. The lowest BCUT2D eigenvalue weighted by Gasteiger charge is -2.22. The number of fused-ring (bicyclic) bond motifs is 1. The number of aromatic nitrogens is 3. The molecule has 9 heteroatoms. The molecule has 0 saturated heterocycles. The predicted octanol–water partition coefficient (Wildman–Crippen LogP) is 2.83. The van der Waals surface area contributed by atoms with Crippen molar-refractivity contribution in [2.75, 3.05) is 7.11 Å². The summed E-state index contributed by atoms with van der Waals surface area (Å²) in [6.45, 7) is 5.23. The number of nitrogens with zero attached hydrogens (tertiary/aromatic N) is 2. The van der Waals surface area contributed by atoms with Crippen molar-refractivity contribution in [2.45, 2.75) is 38.8 Å². The molecule has 3 aromatic rings. The lowest BCUT2D eigenvalue weighted by Crippen LogP contribution is -2.45. The van der Waals surface area contributed by atoms with E-state index < -0.39 is 23.7 Å². The predicted molar refractivity (Wildman–Crippen MR) is 100 cm³/mol. The van der Waals surface area contributed by atoms with Crippen LogP contribution in [0.5, 0.6) is 0 Å². The van der Waals surface area contributed by atoms with Crippen LogP contribution in [0.15, 0.2) is 35.0 Å². The van der Waals surface area contributed by atoms with E-state index in [0.717, 1.165) is 5.56 Å². The molecular formula is C19H22N4O5. The number of hydrogen-bond acceptors (Lipinski definition) is 7. The molecule has 0 bridgehead atoms. The maximum absolute atomic E-state index is 12.1. The molecule has 0 spiro atoms. The number of hydrogen-bond donors (Lipinski definition) is 2. The molecule has 2 heterocycles. The molecular weight excluding hydrogens is 364 g/mol. The van der Waals surface area contributed by atoms with Gasteiger partial charge in [-0.3, -0.25) is 0 Å². The average molecular weight is 386 g/mol. The number of imidazole rings is 1. The number of alkyl carbamates (subject to hydrolysis) is 1. The fraction of sp³-hybridized carbons (Fsp3) is 0.368. The third kappa shape index (κ3) is 4.67. The number of carbonyl (C=O) groups is 2. The minimum Gasteiger partial charge on any atom is -0.467 e. The fourth-order valence-corrected chi connectivity index (χ4v) is 2.60. The molecule has 2 aromatic heterocycles. The van der Waals surface area contributed by atoms with Crippen molar-refractivity contribution in [3.8, 4) is 11.7 Å². The molecule has 0 aliphatic heterocycles. The van der Waals surface area contributed by atoms with Gasteiger partial charge in [-0.25, -0.2) is 19.6 Å². The van der Waals surface area contributed by atoms with Gasteiger partial charge in [0.2, 0.25) is 0 Å². The summed E-state index contributed by atoms with van der Waals surface area (Å²) in [6, 6.07) is 4.45. The van der Waals surface area contributed by atoms with E-state index in [2.05, 4.69) is 20.3 Å². The topological polar surface area (TPSA) is 119 Å². The number of oxazole rings is 1. The SMILES string of the molecule is COC(=O)[C@H](Cc1ccc2oc(-c3ncc[nH]3)nc2c1)NC(=O)OC(C)(C)C. The average Bonchev–Trinajstić information content (AvgIpc) is 3.27. The first-order valence-electron chi connectivity index (χ1n) is 8.72. The third-order valence-corrected chi connectivity index (χ3v) is 3.77. The normalized spacial score (nSPS) is 12.6. The van der Waals surface area contributed by atoms with Gasteiger partial charge in [-0.05, 0) is 38.5 Å². The summed E-state index contributed by atoms with van der Waals surface area (Å²) in [4.78, 5) is 35.6. The monoisotopic (exact) mass is 386 g/mol. The molecule has 1 atom stereocenters. The van der Waals surface area contributed by atoms with Crippen molar-refractivity contribution in [1.82, 2.24) is 20.3 Å². The maximum Gasteiger partial charge on any atom is 0.408 e. The lowest BCUT2D eigenvalue weighted by atomic mass is 10.1. The molecule has 1 amide bonds. The Morgan fingerprint density at radius 2 is 2.11 bits per heavy atom. The van der Waals surface area contributed by atoms with Crippen molar-refractivity contribution in [2.24, 2.45) is 0 Å². The van der Waals surface area contributed by atoms with Gasteiger partial charge in [0.25, 0.3) is 5.89 Å². The van der Waals surface area contributed by atoms with Crippen LogP contribution in [-0.2, 0) is 20.7 Å². The van der Waals surface area contributed by atoms with Gasteiger partial charge < -0.3 is 24.2 Å². The first kappa shape index (κ1) is 19.4. The molecule has 0 radical (unpaired) electrons. The van der Waals surface area contributed by atoms with Crippen molar-refractivity contribution in [3.05, 3.63) is 36.2 Å². The van der Waals surface area contributed by atoms with Crippen LogP contribution >= 0.6 is 0 Å². The molecule has 9 nitrogen and oxygen atoms in total. The van der Waals surface area contributed by atoms with E-state index in [9.17, 15) is 9.59 Å². The molecule has 0 aliphatic rings. The van der Waals surface area contributed by atoms with E-state index in [1.807, 2.05) is 0 Å². The van der Waals surface area contributed by atoms with Gasteiger partial charge in [0.05, 0.1) is 7.11 Å². The molecule has 0 saturated carbocycles. The Labute approximate surface area is 161 Å². The molecule has 28 heavy (non-hydrogen) atoms. The second-order valence-electron chi connectivity index (χ2n) is 7.18. The van der Waals surface area contributed by atoms with Crippen LogP contribution in [0.3, 0.4) is 0 Å². The second-order valence-corrected chi connectivity index (χ2v) is 7.18. The summed E-state index contributed by atoms with van der Waals surface area (Å²) >= 11 is 0. The quantitative estimate of drug-likeness (QED) is 0.647. The zero-order valence-corrected chi connectivity index (χ0v) is 16.1. The highest BCUT2D eigenvalue weighted by atomic mass is 16.6. The van der Waals surface area contributed by atoms with E-state index in [4.69, 9.17) is 13.9 Å².